The van der Waals surface area contributed by atoms with Crippen LogP contribution in [0.15, 0.2) is 59.5 Å². The smallest absolute Gasteiger partial charge is 0.260 e. The Morgan fingerprint density at radius 3 is 2.24 bits per heavy atom. The molecule has 0 aromatic heterocycles. The zero-order valence-electron chi connectivity index (χ0n) is 13.7. The highest BCUT2D eigenvalue weighted by atomic mass is 32.2. The Hall–Kier alpha value is -2.18. The van der Waals surface area contributed by atoms with Crippen molar-refractivity contribution in [3.8, 4) is 11.5 Å². The first-order chi connectivity index (χ1) is 12.0. The molecular weight excluding hydrogens is 338 g/mol. The molecule has 6 heteroatoms. The number of sulfonamides is 1. The summed E-state index contributed by atoms with van der Waals surface area (Å²) < 4.78 is 31.7. The van der Waals surface area contributed by atoms with Gasteiger partial charge >= 0.3 is 0 Å². The highest BCUT2D eigenvalue weighted by Gasteiger charge is 2.55. The zero-order chi connectivity index (χ0) is 17.5. The summed E-state index contributed by atoms with van der Waals surface area (Å²) in [5, 5.41) is 0. The highest BCUT2D eigenvalue weighted by Crippen LogP contribution is 2.55. The maximum Gasteiger partial charge on any atom is 0.260 e. The van der Waals surface area contributed by atoms with Gasteiger partial charge in [0.05, 0.1) is 10.9 Å². The summed E-state index contributed by atoms with van der Waals surface area (Å²) in [6.07, 6.45) is 3.44. The van der Waals surface area contributed by atoms with E-state index in [-0.39, 0.29) is 10.3 Å². The molecule has 2 fully saturated rings. The summed E-state index contributed by atoms with van der Waals surface area (Å²) in [5.41, 5.74) is 0.0429. The summed E-state index contributed by atoms with van der Waals surface area (Å²) in [6, 6.07) is 15.5. The standard InChI is InChI=1S/C19H19NO4S/c21-13-15-12-19(10-11-19)14-20(15)25(22,23)18-8-6-17(7-9-18)24-16-4-2-1-3-5-16/h1-9,13,15H,10-12,14H2/p+1/t15-/m1/s1. The molecule has 25 heavy (non-hydrogen) atoms. The molecule has 1 spiro atoms. The van der Waals surface area contributed by atoms with Crippen LogP contribution in [0.1, 0.15) is 19.3 Å². The third-order valence-corrected chi connectivity index (χ3v) is 6.96. The van der Waals surface area contributed by atoms with Crippen molar-refractivity contribution in [3.63, 3.8) is 0 Å². The van der Waals surface area contributed by atoms with E-state index in [1.54, 1.807) is 24.3 Å². The molecule has 5 nitrogen and oxygen atoms in total. The monoisotopic (exact) mass is 358 g/mol. The van der Waals surface area contributed by atoms with Crippen LogP contribution in [0.3, 0.4) is 0 Å². The van der Waals surface area contributed by atoms with Crippen LogP contribution in [0.5, 0.6) is 11.5 Å². The van der Waals surface area contributed by atoms with E-state index in [9.17, 15) is 13.2 Å². The fourth-order valence-electron chi connectivity index (χ4n) is 3.46. The van der Waals surface area contributed by atoms with E-state index in [0.29, 0.717) is 18.7 Å². The van der Waals surface area contributed by atoms with Crippen molar-refractivity contribution in [1.29, 1.82) is 0 Å². The van der Waals surface area contributed by atoms with Crippen LogP contribution in [0.2, 0.25) is 0 Å². The number of nitrogens with zero attached hydrogens (tertiary/aromatic N) is 1. The lowest BCUT2D eigenvalue weighted by atomic mass is 10.0. The Labute approximate surface area is 147 Å². The van der Waals surface area contributed by atoms with E-state index in [1.807, 2.05) is 30.3 Å². The first kappa shape index (κ1) is 16.3. The molecule has 1 N–H and O–H groups in total. The molecule has 0 bridgehead atoms. The van der Waals surface area contributed by atoms with E-state index in [1.165, 1.54) is 4.31 Å². The molecule has 2 aromatic rings. The SMILES string of the molecule is O=C[C@H]1CC2(CC2)CN1S(=O)(=O)c1ccc([OH+]c2ccccc2)cc1. The summed E-state index contributed by atoms with van der Waals surface area (Å²) in [6.45, 7) is 0.453. The van der Waals surface area contributed by atoms with E-state index < -0.39 is 16.1 Å². The number of ether oxygens (including phenoxy) is 1. The van der Waals surface area contributed by atoms with Gasteiger partial charge < -0.3 is 9.53 Å². The fourth-order valence-corrected chi connectivity index (χ4v) is 5.13. The second kappa shape index (κ2) is 5.97. The molecule has 4 rings (SSSR count). The average molecular weight is 358 g/mol. The number of carbonyl (C=O) groups is 1. The number of para-hydroxylation sites is 1. The van der Waals surface area contributed by atoms with Gasteiger partial charge in [-0.2, -0.15) is 4.31 Å². The largest absolute Gasteiger partial charge is 0.546 e. The first-order valence-electron chi connectivity index (χ1n) is 8.37. The van der Waals surface area contributed by atoms with Crippen LogP contribution in [0, 0.1) is 5.41 Å². The van der Waals surface area contributed by atoms with Crippen molar-refractivity contribution < 1.29 is 17.9 Å². The number of aldehydes is 1. The zero-order valence-corrected chi connectivity index (χ0v) is 14.5. The first-order valence-corrected chi connectivity index (χ1v) is 9.81. The van der Waals surface area contributed by atoms with Crippen molar-refractivity contribution >= 4 is 16.3 Å². The third-order valence-electron chi connectivity index (χ3n) is 5.08. The molecule has 2 aromatic carbocycles. The minimum Gasteiger partial charge on any atom is -0.546 e. The van der Waals surface area contributed by atoms with Gasteiger partial charge in [-0.3, -0.25) is 0 Å². The minimum atomic E-state index is -3.66. The molecule has 1 saturated heterocycles. The lowest BCUT2D eigenvalue weighted by Gasteiger charge is -2.20. The van der Waals surface area contributed by atoms with Gasteiger partial charge in [0.2, 0.25) is 10.0 Å². The van der Waals surface area contributed by atoms with Crippen LogP contribution in [0.4, 0.5) is 0 Å². The molecule has 1 aliphatic heterocycles. The van der Waals surface area contributed by atoms with Crippen molar-refractivity contribution in [3.05, 3.63) is 54.6 Å². The van der Waals surface area contributed by atoms with E-state index in [2.05, 4.69) is 4.74 Å². The van der Waals surface area contributed by atoms with Crippen LogP contribution in [-0.4, -0.2) is 36.3 Å². The fraction of sp³-hybridized carbons (Fsp3) is 0.316. The minimum absolute atomic E-state index is 0.0429. The van der Waals surface area contributed by atoms with Crippen LogP contribution < -0.4 is 0 Å². The lowest BCUT2D eigenvalue weighted by molar-refractivity contribution is -0.110. The van der Waals surface area contributed by atoms with E-state index in [0.717, 1.165) is 24.9 Å². The molecule has 1 saturated carbocycles. The molecular formula is C19H20NO4S+. The second-order valence-corrected chi connectivity index (χ2v) is 8.79. The van der Waals surface area contributed by atoms with Gasteiger partial charge in [-0.05, 0) is 36.8 Å². The maximum atomic E-state index is 12.9. The van der Waals surface area contributed by atoms with Gasteiger partial charge in [-0.25, -0.2) is 8.42 Å². The molecule has 130 valence electrons. The average Bonchev–Trinajstić information content (AvgIpc) is 3.26. The number of hydrogen-bond donors (Lipinski definition) is 0. The predicted octanol–water partition coefficient (Wildman–Crippen LogP) is 3.08. The van der Waals surface area contributed by atoms with Gasteiger partial charge in [0, 0.05) is 30.8 Å². The van der Waals surface area contributed by atoms with Gasteiger partial charge in [-0.15, -0.1) is 0 Å². The van der Waals surface area contributed by atoms with Crippen molar-refractivity contribution in [1.82, 2.24) is 4.31 Å². The van der Waals surface area contributed by atoms with Crippen molar-refractivity contribution in [2.45, 2.75) is 30.2 Å². The van der Waals surface area contributed by atoms with Crippen molar-refractivity contribution in [2.75, 3.05) is 6.54 Å². The Bertz CT molecular complexity index is 873. The van der Waals surface area contributed by atoms with Gasteiger partial charge in [0.25, 0.3) is 11.5 Å². The number of aromatic hydroxyl groups is 2. The normalized spacial score (nSPS) is 22.0. The summed E-state index contributed by atoms with van der Waals surface area (Å²) in [7, 11) is -3.66. The highest BCUT2D eigenvalue weighted by molar-refractivity contribution is 7.89. The maximum absolute atomic E-state index is 12.9. The summed E-state index contributed by atoms with van der Waals surface area (Å²) >= 11 is 0. The number of hydrogen-bond acceptors (Lipinski definition) is 3. The second-order valence-electron chi connectivity index (χ2n) is 6.90. The van der Waals surface area contributed by atoms with Crippen LogP contribution in [-0.2, 0) is 14.8 Å². The van der Waals surface area contributed by atoms with Gasteiger partial charge in [0.15, 0.2) is 0 Å². The molecule has 2 aliphatic rings. The topological polar surface area (TPSA) is 67.2 Å². The Morgan fingerprint density at radius 2 is 1.64 bits per heavy atom. The van der Waals surface area contributed by atoms with Crippen molar-refractivity contribution in [2.24, 2.45) is 5.41 Å². The summed E-state index contributed by atoms with van der Waals surface area (Å²) in [4.78, 5) is 11.6. The van der Waals surface area contributed by atoms with E-state index in [4.69, 9.17) is 0 Å². The van der Waals surface area contributed by atoms with Crippen LogP contribution >= 0.6 is 0 Å². The lowest BCUT2D eigenvalue weighted by Crippen LogP contribution is -2.36. The van der Waals surface area contributed by atoms with Crippen LogP contribution in [0.25, 0.3) is 0 Å². The molecule has 1 atom stereocenters. The molecule has 0 amide bonds. The quantitative estimate of drug-likeness (QED) is 0.609. The van der Waals surface area contributed by atoms with Gasteiger partial charge in [0.1, 0.15) is 6.29 Å². The molecule has 1 heterocycles. The Balaban J connectivity index is 1.55. The third kappa shape index (κ3) is 3.07. The van der Waals surface area contributed by atoms with E-state index >= 15 is 0 Å². The number of carbonyl (C=O) groups excluding carboxylic acids is 1. The number of benzene rings is 2. The van der Waals surface area contributed by atoms with Gasteiger partial charge in [-0.1, -0.05) is 18.2 Å². The Morgan fingerprint density at radius 1 is 1.00 bits per heavy atom. The Kier molecular flexibility index (Phi) is 3.89. The predicted molar refractivity (Wildman–Crippen MR) is 94.0 cm³/mol. The summed E-state index contributed by atoms with van der Waals surface area (Å²) in [5.74, 6) is 1.51. The number of rotatable bonds is 5. The molecule has 1 aliphatic carbocycles. The molecule has 0 radical (unpaired) electrons. The molecule has 0 unspecified atom stereocenters.